The summed E-state index contributed by atoms with van der Waals surface area (Å²) in [6.45, 7) is 3.13. The lowest BCUT2D eigenvalue weighted by molar-refractivity contribution is 0.711. The number of nitrogens with zero attached hydrogens (tertiary/aromatic N) is 3. The van der Waals surface area contributed by atoms with Gasteiger partial charge in [0, 0.05) is 12.7 Å². The van der Waals surface area contributed by atoms with E-state index in [9.17, 15) is 0 Å². The quantitative estimate of drug-likeness (QED) is 0.831. The SMILES string of the molecule is Cc1ccc([C@H]2CCCN2c2ccc(C#N)cn2)cc1. The molecule has 1 atom stereocenters. The fraction of sp³-hybridized carbons (Fsp3) is 0.294. The molecule has 0 unspecified atom stereocenters. The maximum absolute atomic E-state index is 8.85. The zero-order valence-electron chi connectivity index (χ0n) is 11.6. The minimum atomic E-state index is 0.399. The van der Waals surface area contributed by atoms with Gasteiger partial charge in [-0.2, -0.15) is 5.26 Å². The second-order valence-corrected chi connectivity index (χ2v) is 5.28. The van der Waals surface area contributed by atoms with E-state index in [1.165, 1.54) is 17.5 Å². The predicted octanol–water partition coefficient (Wildman–Crippen LogP) is 3.60. The van der Waals surface area contributed by atoms with E-state index in [4.69, 9.17) is 5.26 Å². The van der Waals surface area contributed by atoms with Crippen LogP contribution in [0.3, 0.4) is 0 Å². The molecule has 20 heavy (non-hydrogen) atoms. The normalized spacial score (nSPS) is 18.0. The number of hydrogen-bond donors (Lipinski definition) is 0. The minimum absolute atomic E-state index is 0.399. The van der Waals surface area contributed by atoms with Gasteiger partial charge in [0.2, 0.25) is 0 Å². The molecular formula is C17H17N3. The van der Waals surface area contributed by atoms with Crippen molar-refractivity contribution in [3.05, 3.63) is 59.3 Å². The predicted molar refractivity (Wildman–Crippen MR) is 79.5 cm³/mol. The number of nitriles is 1. The molecule has 0 saturated carbocycles. The highest BCUT2D eigenvalue weighted by Crippen LogP contribution is 2.35. The molecule has 0 radical (unpaired) electrons. The van der Waals surface area contributed by atoms with Crippen LogP contribution in [0.5, 0.6) is 0 Å². The van der Waals surface area contributed by atoms with Crippen LogP contribution in [0.4, 0.5) is 5.82 Å². The molecule has 1 aromatic carbocycles. The van der Waals surface area contributed by atoms with Crippen molar-refractivity contribution in [3.8, 4) is 6.07 Å². The van der Waals surface area contributed by atoms with Gasteiger partial charge in [-0.1, -0.05) is 29.8 Å². The van der Waals surface area contributed by atoms with Crippen LogP contribution in [-0.4, -0.2) is 11.5 Å². The van der Waals surface area contributed by atoms with Crippen molar-refractivity contribution < 1.29 is 0 Å². The van der Waals surface area contributed by atoms with E-state index in [0.717, 1.165) is 18.8 Å². The summed E-state index contributed by atoms with van der Waals surface area (Å²) in [6.07, 6.45) is 3.99. The van der Waals surface area contributed by atoms with E-state index >= 15 is 0 Å². The topological polar surface area (TPSA) is 39.9 Å². The highest BCUT2D eigenvalue weighted by atomic mass is 15.2. The number of benzene rings is 1. The van der Waals surface area contributed by atoms with Crippen LogP contribution in [-0.2, 0) is 0 Å². The van der Waals surface area contributed by atoms with Crippen LogP contribution in [0.15, 0.2) is 42.6 Å². The number of pyridine rings is 1. The third-order valence-electron chi connectivity index (χ3n) is 3.89. The zero-order valence-corrected chi connectivity index (χ0v) is 11.6. The molecule has 1 aromatic heterocycles. The molecule has 3 rings (SSSR count). The summed E-state index contributed by atoms with van der Waals surface area (Å²) in [5.74, 6) is 0.965. The van der Waals surface area contributed by atoms with Crippen molar-refractivity contribution >= 4 is 5.82 Å². The van der Waals surface area contributed by atoms with Gasteiger partial charge in [0.05, 0.1) is 11.6 Å². The molecule has 1 aliphatic heterocycles. The van der Waals surface area contributed by atoms with Gasteiger partial charge in [-0.15, -0.1) is 0 Å². The fourth-order valence-corrected chi connectivity index (χ4v) is 2.80. The Morgan fingerprint density at radius 3 is 2.65 bits per heavy atom. The summed E-state index contributed by atoms with van der Waals surface area (Å²) in [5, 5.41) is 8.85. The zero-order chi connectivity index (χ0) is 13.9. The Morgan fingerprint density at radius 1 is 1.20 bits per heavy atom. The lowest BCUT2D eigenvalue weighted by Crippen LogP contribution is -2.23. The molecule has 0 N–H and O–H groups in total. The molecule has 0 amide bonds. The number of aryl methyl sites for hydroxylation is 1. The highest BCUT2D eigenvalue weighted by molar-refractivity contribution is 5.46. The van der Waals surface area contributed by atoms with Gasteiger partial charge in [0.25, 0.3) is 0 Å². The lowest BCUT2D eigenvalue weighted by Gasteiger charge is -2.26. The average Bonchev–Trinajstić information content (AvgIpc) is 2.97. The lowest BCUT2D eigenvalue weighted by atomic mass is 10.0. The maximum atomic E-state index is 8.85. The molecule has 0 bridgehead atoms. The highest BCUT2D eigenvalue weighted by Gasteiger charge is 2.26. The van der Waals surface area contributed by atoms with Crippen molar-refractivity contribution in [2.75, 3.05) is 11.4 Å². The summed E-state index contributed by atoms with van der Waals surface area (Å²) in [4.78, 5) is 6.77. The van der Waals surface area contributed by atoms with Crippen LogP contribution >= 0.6 is 0 Å². The van der Waals surface area contributed by atoms with Crippen molar-refractivity contribution in [2.45, 2.75) is 25.8 Å². The summed E-state index contributed by atoms with van der Waals surface area (Å²) < 4.78 is 0. The van der Waals surface area contributed by atoms with Gasteiger partial charge < -0.3 is 4.90 Å². The Labute approximate surface area is 119 Å². The number of rotatable bonds is 2. The number of anilines is 1. The molecule has 1 fully saturated rings. The van der Waals surface area contributed by atoms with Crippen LogP contribution in [0.2, 0.25) is 0 Å². The van der Waals surface area contributed by atoms with E-state index in [1.807, 2.05) is 12.1 Å². The van der Waals surface area contributed by atoms with Crippen molar-refractivity contribution in [1.82, 2.24) is 4.98 Å². The summed E-state index contributed by atoms with van der Waals surface area (Å²) in [6, 6.07) is 15.1. The first-order valence-corrected chi connectivity index (χ1v) is 6.97. The summed E-state index contributed by atoms with van der Waals surface area (Å²) in [7, 11) is 0. The Balaban J connectivity index is 1.88. The first-order chi connectivity index (χ1) is 9.78. The van der Waals surface area contributed by atoms with Crippen LogP contribution in [0, 0.1) is 18.3 Å². The second-order valence-electron chi connectivity index (χ2n) is 5.28. The standard InChI is InChI=1S/C17H17N3/c1-13-4-7-15(8-5-13)16-3-2-10-20(16)17-9-6-14(11-18)12-19-17/h4-9,12,16H,2-3,10H2,1H3/t16-/m1/s1. The number of hydrogen-bond acceptors (Lipinski definition) is 3. The van der Waals surface area contributed by atoms with Crippen molar-refractivity contribution in [3.63, 3.8) is 0 Å². The number of aromatic nitrogens is 1. The largest absolute Gasteiger partial charge is 0.350 e. The molecule has 1 saturated heterocycles. The Hall–Kier alpha value is -2.34. The molecule has 100 valence electrons. The van der Waals surface area contributed by atoms with E-state index < -0.39 is 0 Å². The van der Waals surface area contributed by atoms with Gasteiger partial charge in [0.15, 0.2) is 0 Å². The monoisotopic (exact) mass is 263 g/mol. The van der Waals surface area contributed by atoms with Gasteiger partial charge in [-0.05, 0) is 37.5 Å². The van der Waals surface area contributed by atoms with Gasteiger partial charge >= 0.3 is 0 Å². The Morgan fingerprint density at radius 2 is 2.00 bits per heavy atom. The first-order valence-electron chi connectivity index (χ1n) is 6.97. The van der Waals surface area contributed by atoms with Gasteiger partial charge in [-0.3, -0.25) is 0 Å². The molecule has 1 aliphatic rings. The molecule has 2 aromatic rings. The minimum Gasteiger partial charge on any atom is -0.350 e. The van der Waals surface area contributed by atoms with Crippen LogP contribution in [0.25, 0.3) is 0 Å². The van der Waals surface area contributed by atoms with E-state index in [0.29, 0.717) is 11.6 Å². The molecule has 0 spiro atoms. The fourth-order valence-electron chi connectivity index (χ4n) is 2.80. The molecule has 2 heterocycles. The first kappa shape index (κ1) is 12.7. The van der Waals surface area contributed by atoms with Crippen molar-refractivity contribution in [1.29, 1.82) is 5.26 Å². The summed E-state index contributed by atoms with van der Waals surface area (Å²) in [5.41, 5.74) is 3.24. The van der Waals surface area contributed by atoms with E-state index in [2.05, 4.69) is 47.1 Å². The van der Waals surface area contributed by atoms with Crippen LogP contribution < -0.4 is 4.90 Å². The third-order valence-corrected chi connectivity index (χ3v) is 3.89. The smallest absolute Gasteiger partial charge is 0.129 e. The molecular weight excluding hydrogens is 246 g/mol. The molecule has 3 nitrogen and oxygen atoms in total. The summed E-state index contributed by atoms with van der Waals surface area (Å²) >= 11 is 0. The van der Waals surface area contributed by atoms with Crippen molar-refractivity contribution in [2.24, 2.45) is 0 Å². The molecule has 0 aliphatic carbocycles. The molecule has 3 heteroatoms. The van der Waals surface area contributed by atoms with Gasteiger partial charge in [0.1, 0.15) is 11.9 Å². The third kappa shape index (κ3) is 2.37. The van der Waals surface area contributed by atoms with E-state index in [-0.39, 0.29) is 0 Å². The second kappa shape index (κ2) is 5.34. The van der Waals surface area contributed by atoms with E-state index in [1.54, 1.807) is 6.20 Å². The average molecular weight is 263 g/mol. The van der Waals surface area contributed by atoms with Gasteiger partial charge in [-0.25, -0.2) is 4.98 Å². The maximum Gasteiger partial charge on any atom is 0.129 e. The Bertz CT molecular complexity index is 623. The van der Waals surface area contributed by atoms with Crippen LogP contribution in [0.1, 0.15) is 35.6 Å². The Kier molecular flexibility index (Phi) is 3.39.